The molecule has 1 aliphatic heterocycles. The summed E-state index contributed by atoms with van der Waals surface area (Å²) in [4.78, 5) is 18.5. The largest absolute Gasteiger partial charge is 0.302 e. The standard InChI is InChI=1S/C20H25N3O3S2/c24-19(22-20-21-17-6-2-3-7-18(17)27-20)14-15-8-10-16(11-9-15)28(25,26)23-12-4-1-5-13-23/h8-11H,1-7,12-14H2,(H,21,22,24). The third-order valence-corrected chi connectivity index (χ3v) is 8.32. The van der Waals surface area contributed by atoms with E-state index in [1.165, 1.54) is 11.3 Å². The number of carbonyl (C=O) groups is 1. The number of sulfonamides is 1. The molecule has 1 aromatic heterocycles. The number of thiazole rings is 1. The fourth-order valence-electron chi connectivity index (χ4n) is 3.79. The van der Waals surface area contributed by atoms with E-state index in [4.69, 9.17) is 0 Å². The van der Waals surface area contributed by atoms with Crippen molar-refractivity contribution in [3.63, 3.8) is 0 Å². The van der Waals surface area contributed by atoms with Crippen molar-refractivity contribution in [2.75, 3.05) is 18.4 Å². The molecule has 1 fully saturated rings. The van der Waals surface area contributed by atoms with Gasteiger partial charge in [-0.05, 0) is 56.2 Å². The highest BCUT2D eigenvalue weighted by Gasteiger charge is 2.25. The van der Waals surface area contributed by atoms with E-state index in [-0.39, 0.29) is 12.3 Å². The molecule has 0 unspecified atom stereocenters. The van der Waals surface area contributed by atoms with E-state index >= 15 is 0 Å². The number of hydrogen-bond donors (Lipinski definition) is 1. The first-order valence-corrected chi connectivity index (χ1v) is 12.2. The van der Waals surface area contributed by atoms with Gasteiger partial charge in [0.25, 0.3) is 0 Å². The van der Waals surface area contributed by atoms with E-state index in [0.29, 0.717) is 23.1 Å². The summed E-state index contributed by atoms with van der Waals surface area (Å²) in [5.74, 6) is -0.127. The van der Waals surface area contributed by atoms with Gasteiger partial charge in [-0.1, -0.05) is 18.6 Å². The van der Waals surface area contributed by atoms with Gasteiger partial charge in [-0.25, -0.2) is 13.4 Å². The van der Waals surface area contributed by atoms with Gasteiger partial charge < -0.3 is 5.32 Å². The Kier molecular flexibility index (Phi) is 5.80. The highest BCUT2D eigenvalue weighted by atomic mass is 32.2. The highest BCUT2D eigenvalue weighted by Crippen LogP contribution is 2.29. The van der Waals surface area contributed by atoms with Gasteiger partial charge in [-0.15, -0.1) is 11.3 Å². The third-order valence-electron chi connectivity index (χ3n) is 5.33. The third kappa shape index (κ3) is 4.29. The normalized spacial score (nSPS) is 17.9. The number of nitrogens with one attached hydrogen (secondary N) is 1. The van der Waals surface area contributed by atoms with Gasteiger partial charge in [0.2, 0.25) is 15.9 Å². The number of fused-ring (bicyclic) bond motifs is 1. The van der Waals surface area contributed by atoms with Crippen molar-refractivity contribution in [1.82, 2.24) is 9.29 Å². The Morgan fingerprint density at radius 2 is 1.75 bits per heavy atom. The van der Waals surface area contributed by atoms with Crippen molar-refractivity contribution in [2.24, 2.45) is 0 Å². The van der Waals surface area contributed by atoms with Gasteiger partial charge in [0.1, 0.15) is 0 Å². The number of aromatic nitrogens is 1. The van der Waals surface area contributed by atoms with E-state index < -0.39 is 10.0 Å². The molecule has 4 rings (SSSR count). The summed E-state index contributed by atoms with van der Waals surface area (Å²) in [7, 11) is -3.43. The average molecular weight is 420 g/mol. The van der Waals surface area contributed by atoms with Gasteiger partial charge in [0.15, 0.2) is 5.13 Å². The summed E-state index contributed by atoms with van der Waals surface area (Å²) in [6.45, 7) is 1.18. The molecule has 6 nitrogen and oxygen atoms in total. The number of rotatable bonds is 5. The van der Waals surface area contributed by atoms with Crippen LogP contribution < -0.4 is 5.32 Å². The predicted molar refractivity (Wildman–Crippen MR) is 110 cm³/mol. The molecular formula is C20H25N3O3S2. The zero-order valence-electron chi connectivity index (χ0n) is 15.8. The minimum Gasteiger partial charge on any atom is -0.302 e. The summed E-state index contributed by atoms with van der Waals surface area (Å²) in [6.07, 6.45) is 7.52. The van der Waals surface area contributed by atoms with Crippen molar-refractivity contribution < 1.29 is 13.2 Å². The Hall–Kier alpha value is -1.77. The summed E-state index contributed by atoms with van der Waals surface area (Å²) in [6, 6.07) is 6.66. The predicted octanol–water partition coefficient (Wildman–Crippen LogP) is 3.38. The molecule has 1 aromatic carbocycles. The van der Waals surface area contributed by atoms with Gasteiger partial charge in [-0.2, -0.15) is 4.31 Å². The number of amides is 1. The monoisotopic (exact) mass is 419 g/mol. The molecule has 2 aliphatic rings. The topological polar surface area (TPSA) is 79.4 Å². The van der Waals surface area contributed by atoms with Crippen LogP contribution in [0, 0.1) is 0 Å². The fraction of sp³-hybridized carbons (Fsp3) is 0.500. The number of aryl methyl sites for hydroxylation is 2. The van der Waals surface area contributed by atoms with Crippen LogP contribution in [0.4, 0.5) is 5.13 Å². The van der Waals surface area contributed by atoms with E-state index in [1.807, 2.05) is 0 Å². The number of carbonyl (C=O) groups excluding carboxylic acids is 1. The quantitative estimate of drug-likeness (QED) is 0.806. The molecule has 0 saturated carbocycles. The number of piperidine rings is 1. The number of hydrogen-bond acceptors (Lipinski definition) is 5. The molecule has 2 heterocycles. The maximum absolute atomic E-state index is 12.7. The van der Waals surface area contributed by atoms with Crippen LogP contribution in [0.2, 0.25) is 0 Å². The Morgan fingerprint density at radius 1 is 1.04 bits per heavy atom. The lowest BCUT2D eigenvalue weighted by molar-refractivity contribution is -0.115. The van der Waals surface area contributed by atoms with E-state index in [1.54, 1.807) is 39.9 Å². The molecule has 8 heteroatoms. The molecule has 1 N–H and O–H groups in total. The molecular weight excluding hydrogens is 394 g/mol. The van der Waals surface area contributed by atoms with E-state index in [9.17, 15) is 13.2 Å². The summed E-state index contributed by atoms with van der Waals surface area (Å²) >= 11 is 1.57. The fourth-order valence-corrected chi connectivity index (χ4v) is 6.37. The van der Waals surface area contributed by atoms with Crippen molar-refractivity contribution in [3.05, 3.63) is 40.4 Å². The number of benzene rings is 1. The zero-order chi connectivity index (χ0) is 19.6. The van der Waals surface area contributed by atoms with Crippen LogP contribution in [-0.2, 0) is 34.1 Å². The number of anilines is 1. The van der Waals surface area contributed by atoms with E-state index in [0.717, 1.165) is 49.8 Å². The molecule has 28 heavy (non-hydrogen) atoms. The first-order chi connectivity index (χ1) is 13.5. The lowest BCUT2D eigenvalue weighted by Gasteiger charge is -2.25. The van der Waals surface area contributed by atoms with Crippen LogP contribution in [0.3, 0.4) is 0 Å². The minimum atomic E-state index is -3.43. The molecule has 0 atom stereocenters. The van der Waals surface area contributed by atoms with Crippen molar-refractivity contribution in [2.45, 2.75) is 56.3 Å². The van der Waals surface area contributed by atoms with E-state index in [2.05, 4.69) is 10.3 Å². The van der Waals surface area contributed by atoms with Gasteiger partial charge in [0, 0.05) is 18.0 Å². The van der Waals surface area contributed by atoms with Gasteiger partial charge in [-0.3, -0.25) is 4.79 Å². The average Bonchev–Trinajstić information content (AvgIpc) is 3.11. The van der Waals surface area contributed by atoms with Crippen LogP contribution in [0.1, 0.15) is 48.2 Å². The Labute approximate surface area is 170 Å². The minimum absolute atomic E-state index is 0.127. The SMILES string of the molecule is O=C(Cc1ccc(S(=O)(=O)N2CCCCC2)cc1)Nc1nc2c(s1)CCCC2. The smallest absolute Gasteiger partial charge is 0.243 e. The van der Waals surface area contributed by atoms with Crippen molar-refractivity contribution in [3.8, 4) is 0 Å². The van der Waals surface area contributed by atoms with Gasteiger partial charge in [0.05, 0.1) is 17.0 Å². The van der Waals surface area contributed by atoms with Crippen molar-refractivity contribution >= 4 is 32.4 Å². The van der Waals surface area contributed by atoms with Crippen LogP contribution in [0.25, 0.3) is 0 Å². The van der Waals surface area contributed by atoms with Crippen LogP contribution in [0.5, 0.6) is 0 Å². The molecule has 1 saturated heterocycles. The van der Waals surface area contributed by atoms with Gasteiger partial charge >= 0.3 is 0 Å². The first kappa shape index (κ1) is 19.5. The molecule has 0 bridgehead atoms. The van der Waals surface area contributed by atoms with Crippen LogP contribution in [-0.4, -0.2) is 36.7 Å². The maximum atomic E-state index is 12.7. The second kappa shape index (κ2) is 8.31. The van der Waals surface area contributed by atoms with Crippen LogP contribution in [0.15, 0.2) is 29.2 Å². The molecule has 1 aliphatic carbocycles. The van der Waals surface area contributed by atoms with Crippen molar-refractivity contribution in [1.29, 1.82) is 0 Å². The Bertz CT molecular complexity index is 922. The highest BCUT2D eigenvalue weighted by molar-refractivity contribution is 7.89. The first-order valence-electron chi connectivity index (χ1n) is 9.90. The van der Waals surface area contributed by atoms with Crippen LogP contribution >= 0.6 is 11.3 Å². The maximum Gasteiger partial charge on any atom is 0.243 e. The Morgan fingerprint density at radius 3 is 2.46 bits per heavy atom. The lowest BCUT2D eigenvalue weighted by atomic mass is 10.0. The molecule has 150 valence electrons. The molecule has 2 aromatic rings. The summed E-state index contributed by atoms with van der Waals surface area (Å²) in [5, 5.41) is 3.55. The summed E-state index contributed by atoms with van der Waals surface area (Å²) in [5.41, 5.74) is 1.91. The second-order valence-electron chi connectivity index (χ2n) is 7.43. The number of nitrogens with zero attached hydrogens (tertiary/aromatic N) is 2. The Balaban J connectivity index is 1.38. The molecule has 0 radical (unpaired) electrons. The molecule has 1 amide bonds. The summed E-state index contributed by atoms with van der Waals surface area (Å²) < 4.78 is 27.0. The lowest BCUT2D eigenvalue weighted by Crippen LogP contribution is -2.35. The molecule has 0 spiro atoms. The second-order valence-corrected chi connectivity index (χ2v) is 10.5. The zero-order valence-corrected chi connectivity index (χ0v) is 17.4.